The van der Waals surface area contributed by atoms with E-state index in [1.54, 1.807) is 25.1 Å². The number of nitrogens with one attached hydrogen (secondary N) is 1. The van der Waals surface area contributed by atoms with Crippen molar-refractivity contribution in [2.24, 2.45) is 11.8 Å². The lowest BCUT2D eigenvalue weighted by Gasteiger charge is -2.36. The third kappa shape index (κ3) is 5.74. The van der Waals surface area contributed by atoms with Crippen LogP contribution in [-0.2, 0) is 26.2 Å². The molecule has 1 aliphatic carbocycles. The van der Waals surface area contributed by atoms with Gasteiger partial charge in [0.25, 0.3) is 5.91 Å². The maximum absolute atomic E-state index is 14.0. The lowest BCUT2D eigenvalue weighted by Crippen LogP contribution is -2.43. The molecule has 2 aromatic carbocycles. The van der Waals surface area contributed by atoms with E-state index >= 15 is 0 Å². The van der Waals surface area contributed by atoms with Gasteiger partial charge in [-0.3, -0.25) is 9.59 Å². The summed E-state index contributed by atoms with van der Waals surface area (Å²) in [4.78, 5) is 31.4. The summed E-state index contributed by atoms with van der Waals surface area (Å²) in [5.41, 5.74) is 4.67. The quantitative estimate of drug-likeness (QED) is 0.555. The summed E-state index contributed by atoms with van der Waals surface area (Å²) in [5, 5.41) is 0. The first-order chi connectivity index (χ1) is 20.7. The number of hydrogen-bond acceptors (Lipinski definition) is 7. The summed E-state index contributed by atoms with van der Waals surface area (Å²) in [6, 6.07) is 11.8. The zero-order chi connectivity index (χ0) is 30.3. The molecule has 2 amide bonds. The molecule has 4 bridgehead atoms. The highest BCUT2D eigenvalue weighted by atomic mass is 32.2. The van der Waals surface area contributed by atoms with Crippen molar-refractivity contribution in [1.29, 1.82) is 0 Å². The lowest BCUT2D eigenvalue weighted by atomic mass is 9.72. The first-order valence-corrected chi connectivity index (χ1v) is 16.8. The SMILES string of the molecule is COc1ccc2c(c1)C[C@H]1CN3c4cc(ccc4C(C4CCCCC4)C23)C(=O)NS(=O)(=O)N(C)CCOCCN(C)C1=O. The molecule has 1 saturated carbocycles. The molecule has 1 N–H and O–H groups in total. The fourth-order valence-electron chi connectivity index (χ4n) is 7.51. The van der Waals surface area contributed by atoms with Gasteiger partial charge in [-0.15, -0.1) is 0 Å². The van der Waals surface area contributed by atoms with Gasteiger partial charge >= 0.3 is 10.2 Å². The zero-order valence-electron chi connectivity index (χ0n) is 25.3. The van der Waals surface area contributed by atoms with Crippen molar-refractivity contribution in [3.05, 3.63) is 58.7 Å². The number of fused-ring (bicyclic) bond motifs is 4. The van der Waals surface area contributed by atoms with Gasteiger partial charge in [0.05, 0.1) is 32.3 Å². The van der Waals surface area contributed by atoms with Crippen molar-refractivity contribution < 1.29 is 27.5 Å². The molecule has 3 atom stereocenters. The molecular weight excluding hydrogens is 568 g/mol. The van der Waals surface area contributed by atoms with Crippen LogP contribution in [0, 0.1) is 11.8 Å². The van der Waals surface area contributed by atoms with Gasteiger partial charge in [0.2, 0.25) is 5.91 Å². The number of carbonyl (C=O) groups excluding carboxylic acids is 2. The normalized spacial score (nSPS) is 26.9. The van der Waals surface area contributed by atoms with E-state index in [1.165, 1.54) is 37.4 Å². The van der Waals surface area contributed by atoms with E-state index in [0.29, 0.717) is 25.4 Å². The summed E-state index contributed by atoms with van der Waals surface area (Å²) in [7, 11) is 0.810. The maximum Gasteiger partial charge on any atom is 0.303 e. The van der Waals surface area contributed by atoms with Crippen LogP contribution >= 0.6 is 0 Å². The zero-order valence-corrected chi connectivity index (χ0v) is 26.1. The molecule has 0 spiro atoms. The summed E-state index contributed by atoms with van der Waals surface area (Å²) in [6.07, 6.45) is 6.49. The molecule has 6 rings (SSSR count). The van der Waals surface area contributed by atoms with E-state index in [-0.39, 0.29) is 49.1 Å². The highest BCUT2D eigenvalue weighted by Crippen LogP contribution is 2.57. The lowest BCUT2D eigenvalue weighted by molar-refractivity contribution is -0.134. The topological polar surface area (TPSA) is 108 Å². The van der Waals surface area contributed by atoms with Gasteiger partial charge < -0.3 is 19.3 Å². The number of carbonyl (C=O) groups is 2. The molecule has 11 heteroatoms. The van der Waals surface area contributed by atoms with Crippen LogP contribution in [0.5, 0.6) is 5.75 Å². The van der Waals surface area contributed by atoms with Crippen molar-refractivity contribution in [3.63, 3.8) is 0 Å². The minimum Gasteiger partial charge on any atom is -0.497 e. The molecule has 2 unspecified atom stereocenters. The number of hydrogen-bond donors (Lipinski definition) is 1. The van der Waals surface area contributed by atoms with E-state index in [9.17, 15) is 18.0 Å². The van der Waals surface area contributed by atoms with Crippen LogP contribution in [0.25, 0.3) is 0 Å². The van der Waals surface area contributed by atoms with Crippen molar-refractivity contribution >= 4 is 27.7 Å². The average molecular weight is 611 g/mol. The predicted octanol–water partition coefficient (Wildman–Crippen LogP) is 3.49. The summed E-state index contributed by atoms with van der Waals surface area (Å²) >= 11 is 0. The highest BCUT2D eigenvalue weighted by Gasteiger charge is 2.47. The van der Waals surface area contributed by atoms with E-state index in [0.717, 1.165) is 34.1 Å². The molecule has 3 heterocycles. The van der Waals surface area contributed by atoms with Crippen LogP contribution in [0.15, 0.2) is 36.4 Å². The first kappa shape index (κ1) is 29.9. The third-order valence-corrected chi connectivity index (χ3v) is 11.3. The Hall–Kier alpha value is -3.15. The largest absolute Gasteiger partial charge is 0.497 e. The first-order valence-electron chi connectivity index (χ1n) is 15.4. The molecule has 232 valence electrons. The monoisotopic (exact) mass is 610 g/mol. The Bertz CT molecular complexity index is 1490. The summed E-state index contributed by atoms with van der Waals surface area (Å²) < 4.78 is 40.5. The number of rotatable bonds is 2. The molecule has 0 radical (unpaired) electrons. The molecule has 10 nitrogen and oxygen atoms in total. The molecular formula is C32H42N4O6S. The van der Waals surface area contributed by atoms with Gasteiger partial charge in [-0.1, -0.05) is 31.4 Å². The number of nitrogens with zero attached hydrogens (tertiary/aromatic N) is 3. The van der Waals surface area contributed by atoms with Gasteiger partial charge in [-0.25, -0.2) is 4.72 Å². The minimum absolute atomic E-state index is 0.000654. The molecule has 43 heavy (non-hydrogen) atoms. The van der Waals surface area contributed by atoms with Crippen molar-refractivity contribution in [3.8, 4) is 5.75 Å². The number of likely N-dealkylation sites (N-methyl/N-ethyl adjacent to an activating group) is 2. The molecule has 2 aromatic rings. The van der Waals surface area contributed by atoms with Gasteiger partial charge in [-0.05, 0) is 66.1 Å². The van der Waals surface area contributed by atoms with Crippen molar-refractivity contribution in [1.82, 2.24) is 13.9 Å². The summed E-state index contributed by atoms with van der Waals surface area (Å²) in [5.74, 6) is 0.475. The Kier molecular flexibility index (Phi) is 8.41. The van der Waals surface area contributed by atoms with Crippen LogP contribution in [0.4, 0.5) is 5.69 Å². The van der Waals surface area contributed by atoms with Gasteiger partial charge in [0, 0.05) is 50.9 Å². The van der Waals surface area contributed by atoms with E-state index in [1.807, 2.05) is 18.2 Å². The smallest absolute Gasteiger partial charge is 0.303 e. The standard InChI is InChI=1S/C32H42N4O6S/c1-34-13-15-42-16-14-35(2)43(39,40)33-31(37)22-9-11-27-28(19-22)36-20-24(32(34)38)17-23-18-25(41-3)10-12-26(23)30(36)29(27)21-7-5-4-6-8-21/h9-12,18-19,21,24,29-30H,4-8,13-17,20H2,1-3H3,(H,33,37)/t24-,29?,30?/m0/s1. The second kappa shape index (κ2) is 12.1. The van der Waals surface area contributed by atoms with Crippen LogP contribution < -0.4 is 14.4 Å². The number of amides is 2. The second-order valence-electron chi connectivity index (χ2n) is 12.4. The fourth-order valence-corrected chi connectivity index (χ4v) is 8.33. The Morgan fingerprint density at radius 2 is 1.70 bits per heavy atom. The highest BCUT2D eigenvalue weighted by molar-refractivity contribution is 7.87. The molecule has 1 fully saturated rings. The average Bonchev–Trinajstić information content (AvgIpc) is 3.22. The Labute approximate surface area is 254 Å². The molecule has 4 aliphatic rings. The van der Waals surface area contributed by atoms with Crippen LogP contribution in [0.1, 0.15) is 71.1 Å². The van der Waals surface area contributed by atoms with Crippen LogP contribution in [0.3, 0.4) is 0 Å². The Balaban J connectivity index is 1.50. The van der Waals surface area contributed by atoms with Crippen molar-refractivity contribution in [2.75, 3.05) is 59.0 Å². The van der Waals surface area contributed by atoms with E-state index in [4.69, 9.17) is 9.47 Å². The van der Waals surface area contributed by atoms with Gasteiger partial charge in [-0.2, -0.15) is 12.7 Å². The Morgan fingerprint density at radius 3 is 2.47 bits per heavy atom. The Morgan fingerprint density at radius 1 is 0.953 bits per heavy atom. The summed E-state index contributed by atoms with van der Waals surface area (Å²) in [6.45, 7) is 1.38. The van der Waals surface area contributed by atoms with E-state index < -0.39 is 16.1 Å². The van der Waals surface area contributed by atoms with E-state index in [2.05, 4.69) is 21.8 Å². The minimum atomic E-state index is -4.07. The molecule has 3 aliphatic heterocycles. The number of anilines is 1. The predicted molar refractivity (Wildman–Crippen MR) is 164 cm³/mol. The van der Waals surface area contributed by atoms with Crippen molar-refractivity contribution in [2.45, 2.75) is 50.5 Å². The van der Waals surface area contributed by atoms with Gasteiger partial charge in [0.15, 0.2) is 0 Å². The fraction of sp³-hybridized carbons (Fsp3) is 0.562. The number of ether oxygens (including phenoxy) is 2. The number of benzene rings is 2. The second-order valence-corrected chi connectivity index (χ2v) is 14.2. The van der Waals surface area contributed by atoms with Crippen LogP contribution in [-0.4, -0.2) is 83.5 Å². The number of methoxy groups -OCH3 is 1. The van der Waals surface area contributed by atoms with Crippen LogP contribution in [0.2, 0.25) is 0 Å². The van der Waals surface area contributed by atoms with Gasteiger partial charge in [0.1, 0.15) is 5.75 Å². The molecule has 0 aromatic heterocycles. The third-order valence-electron chi connectivity index (χ3n) is 9.83. The maximum atomic E-state index is 14.0. The molecule has 0 saturated heterocycles.